The van der Waals surface area contributed by atoms with Gasteiger partial charge in [-0.2, -0.15) is 8.78 Å². The van der Waals surface area contributed by atoms with E-state index < -0.39 is 6.61 Å². The highest BCUT2D eigenvalue weighted by molar-refractivity contribution is 5.94. The number of hydrogen-bond acceptors (Lipinski definition) is 3. The number of nitrogens with zero attached hydrogens (tertiary/aromatic N) is 1. The summed E-state index contributed by atoms with van der Waals surface area (Å²) in [7, 11) is 4.10. The summed E-state index contributed by atoms with van der Waals surface area (Å²) in [6.07, 6.45) is 6.88. The fourth-order valence-corrected chi connectivity index (χ4v) is 3.33. The molecule has 0 atom stereocenters. The zero-order chi connectivity index (χ0) is 17.6. The standard InChI is InChI=1S/C18H26F2N2O2/c1-22(2)18(10-5-3-4-6-11-18)13-21-16(23)14-8-7-9-15(12-14)24-17(19)20/h7-9,12,17H,3-6,10-11,13H2,1-2H3,(H,21,23). The summed E-state index contributed by atoms with van der Waals surface area (Å²) in [5, 5.41) is 2.98. The first-order chi connectivity index (χ1) is 11.4. The molecule has 24 heavy (non-hydrogen) atoms. The number of likely N-dealkylation sites (N-methyl/N-ethyl adjacent to an activating group) is 1. The lowest BCUT2D eigenvalue weighted by Gasteiger charge is -2.39. The number of carbonyl (C=O) groups is 1. The SMILES string of the molecule is CN(C)C1(CNC(=O)c2cccc(OC(F)F)c2)CCCCCC1. The first kappa shape index (κ1) is 18.6. The van der Waals surface area contributed by atoms with E-state index in [-0.39, 0.29) is 17.2 Å². The molecule has 0 heterocycles. The van der Waals surface area contributed by atoms with Gasteiger partial charge in [-0.05, 0) is 45.1 Å². The van der Waals surface area contributed by atoms with Gasteiger partial charge in [-0.3, -0.25) is 4.79 Å². The van der Waals surface area contributed by atoms with E-state index in [1.807, 2.05) is 0 Å². The van der Waals surface area contributed by atoms with Gasteiger partial charge in [-0.1, -0.05) is 31.7 Å². The number of alkyl halides is 2. The minimum Gasteiger partial charge on any atom is -0.435 e. The van der Waals surface area contributed by atoms with Gasteiger partial charge in [-0.25, -0.2) is 0 Å². The monoisotopic (exact) mass is 340 g/mol. The lowest BCUT2D eigenvalue weighted by Crippen LogP contribution is -2.52. The van der Waals surface area contributed by atoms with Crippen LogP contribution in [0, 0.1) is 0 Å². The first-order valence-electron chi connectivity index (χ1n) is 8.43. The molecule has 1 saturated carbocycles. The minimum atomic E-state index is -2.90. The number of ether oxygens (including phenoxy) is 1. The van der Waals surface area contributed by atoms with Crippen molar-refractivity contribution in [3.63, 3.8) is 0 Å². The van der Waals surface area contributed by atoms with Crippen LogP contribution in [0.25, 0.3) is 0 Å². The van der Waals surface area contributed by atoms with Crippen molar-refractivity contribution < 1.29 is 18.3 Å². The van der Waals surface area contributed by atoms with Crippen molar-refractivity contribution in [2.45, 2.75) is 50.7 Å². The van der Waals surface area contributed by atoms with Gasteiger partial charge >= 0.3 is 6.61 Å². The highest BCUT2D eigenvalue weighted by Gasteiger charge is 2.33. The van der Waals surface area contributed by atoms with Gasteiger partial charge in [0.05, 0.1) is 0 Å². The minimum absolute atomic E-state index is 0.00515. The topological polar surface area (TPSA) is 41.6 Å². The van der Waals surface area contributed by atoms with E-state index in [0.29, 0.717) is 12.1 Å². The van der Waals surface area contributed by atoms with Crippen LogP contribution in [0.15, 0.2) is 24.3 Å². The second-order valence-corrected chi connectivity index (χ2v) is 6.62. The molecular formula is C18H26F2N2O2. The highest BCUT2D eigenvalue weighted by Crippen LogP contribution is 2.30. The fourth-order valence-electron chi connectivity index (χ4n) is 3.33. The van der Waals surface area contributed by atoms with Crippen LogP contribution >= 0.6 is 0 Å². The largest absolute Gasteiger partial charge is 0.435 e. The van der Waals surface area contributed by atoms with Gasteiger partial charge in [0.25, 0.3) is 5.91 Å². The average molecular weight is 340 g/mol. The molecule has 0 aromatic heterocycles. The maximum atomic E-state index is 12.4. The van der Waals surface area contributed by atoms with Crippen molar-refractivity contribution in [3.05, 3.63) is 29.8 Å². The van der Waals surface area contributed by atoms with E-state index >= 15 is 0 Å². The summed E-state index contributed by atoms with van der Waals surface area (Å²) in [6, 6.07) is 5.90. The maximum absolute atomic E-state index is 12.4. The maximum Gasteiger partial charge on any atom is 0.387 e. The molecule has 1 fully saturated rings. The predicted molar refractivity (Wildman–Crippen MR) is 89.5 cm³/mol. The summed E-state index contributed by atoms with van der Waals surface area (Å²) in [6.45, 7) is -2.34. The second kappa shape index (κ2) is 8.42. The van der Waals surface area contributed by atoms with Gasteiger partial charge in [0.15, 0.2) is 0 Å². The lowest BCUT2D eigenvalue weighted by atomic mass is 9.88. The predicted octanol–water partition coefficient (Wildman–Crippen LogP) is 3.67. The molecule has 1 aromatic carbocycles. The van der Waals surface area contributed by atoms with Crippen LogP contribution in [0.3, 0.4) is 0 Å². The average Bonchev–Trinajstić information content (AvgIpc) is 2.79. The Balaban J connectivity index is 2.03. The summed E-state index contributed by atoms with van der Waals surface area (Å²) < 4.78 is 28.9. The van der Waals surface area contributed by atoms with Crippen LogP contribution in [-0.2, 0) is 0 Å². The van der Waals surface area contributed by atoms with Crippen molar-refractivity contribution in [1.82, 2.24) is 10.2 Å². The molecule has 4 nitrogen and oxygen atoms in total. The van der Waals surface area contributed by atoms with E-state index in [1.54, 1.807) is 12.1 Å². The Morgan fingerprint density at radius 3 is 2.50 bits per heavy atom. The Morgan fingerprint density at radius 2 is 1.92 bits per heavy atom. The third-order valence-electron chi connectivity index (χ3n) is 4.88. The summed E-state index contributed by atoms with van der Waals surface area (Å²) in [5.74, 6) is -0.269. The molecular weight excluding hydrogens is 314 g/mol. The smallest absolute Gasteiger partial charge is 0.387 e. The molecule has 1 aromatic rings. The number of halogens is 2. The van der Waals surface area contributed by atoms with Gasteiger partial charge < -0.3 is 15.0 Å². The molecule has 0 aliphatic heterocycles. The Bertz CT molecular complexity index is 542. The fraction of sp³-hybridized carbons (Fsp3) is 0.611. The van der Waals surface area contributed by atoms with Crippen LogP contribution in [0.4, 0.5) is 8.78 Å². The van der Waals surface area contributed by atoms with Crippen molar-refractivity contribution in [1.29, 1.82) is 0 Å². The van der Waals surface area contributed by atoms with E-state index in [2.05, 4.69) is 29.0 Å². The van der Waals surface area contributed by atoms with E-state index in [9.17, 15) is 13.6 Å². The summed E-state index contributed by atoms with van der Waals surface area (Å²) in [5.41, 5.74) is 0.291. The van der Waals surface area contributed by atoms with Crippen LogP contribution in [0.2, 0.25) is 0 Å². The molecule has 0 spiro atoms. The number of rotatable bonds is 6. The summed E-state index contributed by atoms with van der Waals surface area (Å²) in [4.78, 5) is 14.6. The molecule has 6 heteroatoms. The molecule has 0 radical (unpaired) electrons. The normalized spacial score (nSPS) is 17.6. The van der Waals surface area contributed by atoms with Crippen molar-refractivity contribution >= 4 is 5.91 Å². The summed E-state index contributed by atoms with van der Waals surface area (Å²) >= 11 is 0. The van der Waals surface area contributed by atoms with Crippen molar-refractivity contribution in [2.24, 2.45) is 0 Å². The quantitative estimate of drug-likeness (QED) is 0.804. The molecule has 1 amide bonds. The number of nitrogens with one attached hydrogen (secondary N) is 1. The molecule has 134 valence electrons. The lowest BCUT2D eigenvalue weighted by molar-refractivity contribution is -0.0498. The van der Waals surface area contributed by atoms with E-state index in [1.165, 1.54) is 25.0 Å². The Kier molecular flexibility index (Phi) is 6.54. The van der Waals surface area contributed by atoms with Crippen LogP contribution in [-0.4, -0.2) is 43.6 Å². The second-order valence-electron chi connectivity index (χ2n) is 6.62. The first-order valence-corrected chi connectivity index (χ1v) is 8.43. The Labute approximate surface area is 142 Å². The third kappa shape index (κ3) is 4.90. The van der Waals surface area contributed by atoms with Crippen molar-refractivity contribution in [3.8, 4) is 5.75 Å². The van der Waals surface area contributed by atoms with Crippen LogP contribution in [0.5, 0.6) is 5.75 Å². The van der Waals surface area contributed by atoms with Gasteiger partial charge in [0.2, 0.25) is 0 Å². The number of amides is 1. The highest BCUT2D eigenvalue weighted by atomic mass is 19.3. The number of hydrogen-bond donors (Lipinski definition) is 1. The van der Waals surface area contributed by atoms with Crippen molar-refractivity contribution in [2.75, 3.05) is 20.6 Å². The van der Waals surface area contributed by atoms with E-state index in [4.69, 9.17) is 0 Å². The van der Waals surface area contributed by atoms with Gasteiger partial charge in [-0.15, -0.1) is 0 Å². The zero-order valence-corrected chi connectivity index (χ0v) is 14.4. The Hall–Kier alpha value is -1.69. The van der Waals surface area contributed by atoms with Gasteiger partial charge in [0, 0.05) is 17.6 Å². The third-order valence-corrected chi connectivity index (χ3v) is 4.88. The molecule has 1 N–H and O–H groups in total. The Morgan fingerprint density at radius 1 is 1.25 bits per heavy atom. The molecule has 1 aliphatic carbocycles. The number of benzene rings is 1. The number of carbonyl (C=O) groups excluding carboxylic acids is 1. The van der Waals surface area contributed by atoms with E-state index in [0.717, 1.165) is 25.7 Å². The molecule has 1 aliphatic rings. The zero-order valence-electron chi connectivity index (χ0n) is 14.4. The molecule has 2 rings (SSSR count). The molecule has 0 unspecified atom stereocenters. The van der Waals surface area contributed by atoms with Gasteiger partial charge in [0.1, 0.15) is 5.75 Å². The molecule has 0 bridgehead atoms. The van der Waals surface area contributed by atoms with Crippen LogP contribution in [0.1, 0.15) is 48.9 Å². The molecule has 0 saturated heterocycles. The van der Waals surface area contributed by atoms with Crippen LogP contribution < -0.4 is 10.1 Å².